The summed E-state index contributed by atoms with van der Waals surface area (Å²) >= 11 is 11.7. The molecule has 4 nitrogen and oxygen atoms in total. The zero-order valence-electron chi connectivity index (χ0n) is 9.43. The largest absolute Gasteiger partial charge is 0.467 e. The van der Waals surface area contributed by atoms with Crippen LogP contribution >= 0.6 is 23.2 Å². The molecule has 1 aliphatic rings. The van der Waals surface area contributed by atoms with Crippen LogP contribution in [0.5, 0.6) is 5.75 Å². The third-order valence-corrected chi connectivity index (χ3v) is 2.82. The number of esters is 1. The quantitative estimate of drug-likeness (QED) is 0.634. The van der Waals surface area contributed by atoms with E-state index < -0.39 is 18.4 Å². The SMILES string of the molecule is COC(=O)C1C=CC(Oc2ccc(Cl)cc2Cl)O1. The molecule has 0 saturated heterocycles. The van der Waals surface area contributed by atoms with Gasteiger partial charge in [-0.3, -0.25) is 0 Å². The topological polar surface area (TPSA) is 44.8 Å². The Morgan fingerprint density at radius 3 is 2.78 bits per heavy atom. The molecule has 2 rings (SSSR count). The van der Waals surface area contributed by atoms with E-state index in [0.29, 0.717) is 15.8 Å². The zero-order chi connectivity index (χ0) is 13.1. The lowest BCUT2D eigenvalue weighted by atomic mass is 10.3. The van der Waals surface area contributed by atoms with Crippen LogP contribution in [-0.4, -0.2) is 25.5 Å². The number of halogens is 2. The molecule has 1 aromatic rings. The summed E-state index contributed by atoms with van der Waals surface area (Å²) in [7, 11) is 1.30. The van der Waals surface area contributed by atoms with Gasteiger partial charge in [0.25, 0.3) is 0 Å². The minimum absolute atomic E-state index is 0.376. The van der Waals surface area contributed by atoms with Crippen LogP contribution in [0.15, 0.2) is 30.4 Å². The Morgan fingerprint density at radius 2 is 2.11 bits per heavy atom. The molecule has 2 atom stereocenters. The molecule has 18 heavy (non-hydrogen) atoms. The molecule has 0 amide bonds. The van der Waals surface area contributed by atoms with Gasteiger partial charge in [-0.05, 0) is 30.4 Å². The molecular weight excluding hydrogens is 279 g/mol. The predicted octanol–water partition coefficient (Wildman–Crippen LogP) is 2.83. The summed E-state index contributed by atoms with van der Waals surface area (Å²) in [6.07, 6.45) is 1.77. The molecule has 6 heteroatoms. The van der Waals surface area contributed by atoms with Crippen LogP contribution in [0.2, 0.25) is 10.0 Å². The monoisotopic (exact) mass is 288 g/mol. The molecule has 1 aromatic carbocycles. The standard InChI is InChI=1S/C12H10Cl2O4/c1-16-12(15)10-4-5-11(18-10)17-9-3-2-7(13)6-8(9)14/h2-6,10-11H,1H3. The second-order valence-corrected chi connectivity index (χ2v) is 4.37. The molecule has 0 bridgehead atoms. The van der Waals surface area contributed by atoms with Crippen molar-refractivity contribution in [3.8, 4) is 5.75 Å². The third kappa shape index (κ3) is 2.96. The lowest BCUT2D eigenvalue weighted by Gasteiger charge is -2.15. The van der Waals surface area contributed by atoms with E-state index >= 15 is 0 Å². The second kappa shape index (κ2) is 5.61. The van der Waals surface area contributed by atoms with Crippen LogP contribution in [0.4, 0.5) is 0 Å². The van der Waals surface area contributed by atoms with E-state index in [0.717, 1.165) is 0 Å². The van der Waals surface area contributed by atoms with Gasteiger partial charge in [0.15, 0.2) is 6.10 Å². The van der Waals surface area contributed by atoms with Crippen molar-refractivity contribution in [2.75, 3.05) is 7.11 Å². The summed E-state index contributed by atoms with van der Waals surface area (Å²) < 4.78 is 15.3. The summed E-state index contributed by atoms with van der Waals surface area (Å²) in [4.78, 5) is 11.2. The third-order valence-electron chi connectivity index (χ3n) is 2.29. The Balaban J connectivity index is 2.00. The van der Waals surface area contributed by atoms with Crippen molar-refractivity contribution < 1.29 is 19.0 Å². The first kappa shape index (κ1) is 13.2. The fraction of sp³-hybridized carbons (Fsp3) is 0.250. The van der Waals surface area contributed by atoms with Crippen LogP contribution in [0, 0.1) is 0 Å². The Labute approximate surface area is 114 Å². The van der Waals surface area contributed by atoms with E-state index in [-0.39, 0.29) is 0 Å². The van der Waals surface area contributed by atoms with Crippen LogP contribution in [0.25, 0.3) is 0 Å². The lowest BCUT2D eigenvalue weighted by Crippen LogP contribution is -2.25. The van der Waals surface area contributed by atoms with E-state index in [1.807, 2.05) is 0 Å². The molecule has 0 spiro atoms. The van der Waals surface area contributed by atoms with Gasteiger partial charge >= 0.3 is 5.97 Å². The first-order chi connectivity index (χ1) is 8.60. The zero-order valence-corrected chi connectivity index (χ0v) is 10.9. The number of ether oxygens (including phenoxy) is 3. The van der Waals surface area contributed by atoms with Crippen molar-refractivity contribution in [3.63, 3.8) is 0 Å². The molecule has 2 unspecified atom stereocenters. The Hall–Kier alpha value is -1.23. The lowest BCUT2D eigenvalue weighted by molar-refractivity contribution is -0.157. The maximum atomic E-state index is 11.2. The van der Waals surface area contributed by atoms with Gasteiger partial charge in [0.05, 0.1) is 12.1 Å². The summed E-state index contributed by atoms with van der Waals surface area (Å²) in [6, 6.07) is 4.85. The number of hydrogen-bond acceptors (Lipinski definition) is 4. The highest BCUT2D eigenvalue weighted by Gasteiger charge is 2.27. The fourth-order valence-corrected chi connectivity index (χ4v) is 1.89. The number of carbonyl (C=O) groups excluding carboxylic acids is 1. The van der Waals surface area contributed by atoms with Crippen LogP contribution in [0.1, 0.15) is 0 Å². The van der Waals surface area contributed by atoms with Crippen LogP contribution in [-0.2, 0) is 14.3 Å². The van der Waals surface area contributed by atoms with Crippen molar-refractivity contribution in [1.82, 2.24) is 0 Å². The maximum absolute atomic E-state index is 11.2. The van der Waals surface area contributed by atoms with E-state index in [1.54, 1.807) is 30.4 Å². The number of rotatable bonds is 3. The molecule has 1 heterocycles. The number of methoxy groups -OCH3 is 1. The number of hydrogen-bond donors (Lipinski definition) is 0. The minimum atomic E-state index is -0.744. The van der Waals surface area contributed by atoms with Crippen molar-refractivity contribution in [2.24, 2.45) is 0 Å². The van der Waals surface area contributed by atoms with Gasteiger partial charge in [0, 0.05) is 5.02 Å². The first-order valence-electron chi connectivity index (χ1n) is 5.13. The molecule has 1 aliphatic heterocycles. The Bertz CT molecular complexity index is 487. The van der Waals surface area contributed by atoms with E-state index in [2.05, 4.69) is 4.74 Å². The normalized spacial score (nSPS) is 21.9. The summed E-state index contributed by atoms with van der Waals surface area (Å²) in [5, 5.41) is 0.892. The molecule has 0 radical (unpaired) electrons. The highest BCUT2D eigenvalue weighted by molar-refractivity contribution is 6.35. The summed E-state index contributed by atoms with van der Waals surface area (Å²) in [6.45, 7) is 0. The van der Waals surface area contributed by atoms with Gasteiger partial charge in [0.2, 0.25) is 6.29 Å². The molecule has 0 saturated carbocycles. The molecule has 0 N–H and O–H groups in total. The van der Waals surface area contributed by atoms with Crippen molar-refractivity contribution in [2.45, 2.75) is 12.4 Å². The maximum Gasteiger partial charge on any atom is 0.339 e. The van der Waals surface area contributed by atoms with Crippen LogP contribution in [0.3, 0.4) is 0 Å². The van der Waals surface area contributed by atoms with Gasteiger partial charge in [-0.2, -0.15) is 0 Å². The van der Waals surface area contributed by atoms with Crippen molar-refractivity contribution in [1.29, 1.82) is 0 Å². The van der Waals surface area contributed by atoms with Crippen LogP contribution < -0.4 is 4.74 Å². The van der Waals surface area contributed by atoms with E-state index in [4.69, 9.17) is 32.7 Å². The Morgan fingerprint density at radius 1 is 1.33 bits per heavy atom. The van der Waals surface area contributed by atoms with Crippen molar-refractivity contribution >= 4 is 29.2 Å². The van der Waals surface area contributed by atoms with Gasteiger partial charge in [-0.25, -0.2) is 4.79 Å². The summed E-state index contributed by atoms with van der Waals surface area (Å²) in [5.74, 6) is -0.0409. The second-order valence-electron chi connectivity index (χ2n) is 3.53. The molecule has 96 valence electrons. The van der Waals surface area contributed by atoms with Gasteiger partial charge in [-0.1, -0.05) is 23.2 Å². The van der Waals surface area contributed by atoms with Crippen molar-refractivity contribution in [3.05, 3.63) is 40.4 Å². The Kier molecular flexibility index (Phi) is 4.11. The van der Waals surface area contributed by atoms with E-state index in [9.17, 15) is 4.79 Å². The molecule has 0 fully saturated rings. The first-order valence-corrected chi connectivity index (χ1v) is 5.89. The average molecular weight is 289 g/mol. The predicted molar refractivity (Wildman–Crippen MR) is 66.9 cm³/mol. The highest BCUT2D eigenvalue weighted by atomic mass is 35.5. The molecule has 0 aromatic heterocycles. The molecular formula is C12H10Cl2O4. The number of carbonyl (C=O) groups is 1. The average Bonchev–Trinajstić information content (AvgIpc) is 2.80. The highest BCUT2D eigenvalue weighted by Crippen LogP contribution is 2.29. The summed E-state index contributed by atoms with van der Waals surface area (Å²) in [5.41, 5.74) is 0. The minimum Gasteiger partial charge on any atom is -0.467 e. The van der Waals surface area contributed by atoms with Gasteiger partial charge in [0.1, 0.15) is 5.75 Å². The fourth-order valence-electron chi connectivity index (χ4n) is 1.44. The smallest absolute Gasteiger partial charge is 0.339 e. The molecule has 0 aliphatic carbocycles. The van der Waals surface area contributed by atoms with Gasteiger partial charge < -0.3 is 14.2 Å². The number of benzene rings is 1. The van der Waals surface area contributed by atoms with E-state index in [1.165, 1.54) is 7.11 Å². The van der Waals surface area contributed by atoms with Gasteiger partial charge in [-0.15, -0.1) is 0 Å².